The second-order valence-electron chi connectivity index (χ2n) is 7.27. The Hall–Kier alpha value is -2.89. The number of hydrogen-bond acceptors (Lipinski definition) is 3. The molecule has 0 radical (unpaired) electrons. The molecule has 1 amide bonds. The second-order valence-corrected chi connectivity index (χ2v) is 7.27. The molecule has 6 heteroatoms. The lowest BCUT2D eigenvalue weighted by atomic mass is 9.94. The number of carboxylic acid groups (broad SMARTS) is 1. The van der Waals surface area contributed by atoms with Crippen LogP contribution in [0, 0.1) is 6.92 Å². The Bertz CT molecular complexity index is 921. The highest BCUT2D eigenvalue weighted by atomic mass is 16.4. The van der Waals surface area contributed by atoms with Crippen LogP contribution in [0.15, 0.2) is 30.5 Å². The molecule has 6 nitrogen and oxygen atoms in total. The van der Waals surface area contributed by atoms with Crippen molar-refractivity contribution in [2.24, 2.45) is 0 Å². The second kappa shape index (κ2) is 7.02. The number of allylic oxidation sites excluding steroid dienone is 1. The average Bonchev–Trinajstić information content (AvgIpc) is 3.09. The van der Waals surface area contributed by atoms with Gasteiger partial charge in [0.05, 0.1) is 17.9 Å². The van der Waals surface area contributed by atoms with Crippen molar-refractivity contribution in [3.63, 3.8) is 0 Å². The first-order valence-corrected chi connectivity index (χ1v) is 9.40. The number of amides is 1. The highest BCUT2D eigenvalue weighted by Gasteiger charge is 2.27. The summed E-state index contributed by atoms with van der Waals surface area (Å²) in [6.45, 7) is 3.10. The Labute approximate surface area is 158 Å². The molecule has 1 aromatic heterocycles. The van der Waals surface area contributed by atoms with E-state index in [2.05, 4.69) is 17.3 Å². The minimum atomic E-state index is -0.950. The maximum atomic E-state index is 12.9. The summed E-state index contributed by atoms with van der Waals surface area (Å²) in [6.07, 6.45) is 9.27. The fourth-order valence-electron chi connectivity index (χ4n) is 4.06. The third-order valence-corrected chi connectivity index (χ3v) is 5.64. The molecule has 1 fully saturated rings. The summed E-state index contributed by atoms with van der Waals surface area (Å²) >= 11 is 0. The molecule has 2 heterocycles. The molecule has 27 heavy (non-hydrogen) atoms. The standard InChI is InChI=1S/C21H23N3O3/c1-14-19(21(26)27)13-22-24(14)18-8-10-23(11-9-18)20(25)17-7-6-15-4-2-3-5-16(15)12-17/h2,4,6-7,12-13,18H,3,5,8-11H2,1H3,(H,26,27). The van der Waals surface area contributed by atoms with Gasteiger partial charge in [-0.1, -0.05) is 18.2 Å². The van der Waals surface area contributed by atoms with Crippen molar-refractivity contribution >= 4 is 18.0 Å². The molecule has 0 bridgehead atoms. The van der Waals surface area contributed by atoms with Crippen LogP contribution in [0.3, 0.4) is 0 Å². The van der Waals surface area contributed by atoms with Crippen LogP contribution in [-0.2, 0) is 6.42 Å². The number of rotatable bonds is 3. The zero-order valence-corrected chi connectivity index (χ0v) is 15.4. The Kier molecular flexibility index (Phi) is 4.56. The molecule has 0 unspecified atom stereocenters. The van der Waals surface area contributed by atoms with Gasteiger partial charge in [-0.25, -0.2) is 4.79 Å². The Morgan fingerprint density at radius 1 is 1.22 bits per heavy atom. The van der Waals surface area contributed by atoms with Gasteiger partial charge in [-0.05, 0) is 55.9 Å². The van der Waals surface area contributed by atoms with Gasteiger partial charge >= 0.3 is 5.97 Å². The van der Waals surface area contributed by atoms with Crippen LogP contribution in [0.4, 0.5) is 0 Å². The summed E-state index contributed by atoms with van der Waals surface area (Å²) in [6, 6.07) is 6.12. The van der Waals surface area contributed by atoms with Gasteiger partial charge in [-0.15, -0.1) is 0 Å². The number of benzene rings is 1. The number of carboxylic acids is 1. The number of fused-ring (bicyclic) bond motifs is 1. The SMILES string of the molecule is Cc1c(C(=O)O)cnn1C1CCN(C(=O)c2ccc3c(c2)CCC=C3)CC1. The smallest absolute Gasteiger partial charge is 0.339 e. The third-order valence-electron chi connectivity index (χ3n) is 5.64. The topological polar surface area (TPSA) is 75.4 Å². The molecular formula is C21H23N3O3. The quantitative estimate of drug-likeness (QED) is 0.905. The van der Waals surface area contributed by atoms with Crippen molar-refractivity contribution < 1.29 is 14.7 Å². The van der Waals surface area contributed by atoms with Crippen molar-refractivity contribution in [1.29, 1.82) is 0 Å². The van der Waals surface area contributed by atoms with Crippen LogP contribution in [0.2, 0.25) is 0 Å². The van der Waals surface area contributed by atoms with E-state index in [9.17, 15) is 14.7 Å². The lowest BCUT2D eigenvalue weighted by molar-refractivity contribution is 0.0688. The monoisotopic (exact) mass is 365 g/mol. The van der Waals surface area contributed by atoms with E-state index in [0.29, 0.717) is 18.8 Å². The molecule has 2 aliphatic rings. The normalized spacial score (nSPS) is 17.0. The molecule has 4 rings (SSSR count). The molecule has 0 atom stereocenters. The first-order valence-electron chi connectivity index (χ1n) is 9.40. The van der Waals surface area contributed by atoms with Gasteiger partial charge in [0.2, 0.25) is 0 Å². The van der Waals surface area contributed by atoms with Gasteiger partial charge in [0.1, 0.15) is 5.56 Å². The minimum absolute atomic E-state index is 0.0780. The number of carbonyl (C=O) groups is 2. The number of likely N-dealkylation sites (tertiary alicyclic amines) is 1. The zero-order valence-electron chi connectivity index (χ0n) is 15.4. The summed E-state index contributed by atoms with van der Waals surface area (Å²) in [5.41, 5.74) is 4.13. The van der Waals surface area contributed by atoms with E-state index in [-0.39, 0.29) is 17.5 Å². The molecule has 2 aromatic rings. The molecule has 0 spiro atoms. The molecule has 1 N–H and O–H groups in total. The van der Waals surface area contributed by atoms with Crippen LogP contribution < -0.4 is 0 Å². The van der Waals surface area contributed by atoms with Gasteiger partial charge in [0.25, 0.3) is 5.91 Å². The van der Waals surface area contributed by atoms with E-state index in [4.69, 9.17) is 0 Å². The van der Waals surface area contributed by atoms with E-state index in [1.807, 2.05) is 23.1 Å². The number of nitrogens with zero attached hydrogens (tertiary/aromatic N) is 3. The molecule has 1 aromatic carbocycles. The first-order chi connectivity index (χ1) is 13.0. The fourth-order valence-corrected chi connectivity index (χ4v) is 4.06. The van der Waals surface area contributed by atoms with Gasteiger partial charge in [0, 0.05) is 18.7 Å². The molecule has 140 valence electrons. The van der Waals surface area contributed by atoms with E-state index in [1.54, 1.807) is 11.6 Å². The van der Waals surface area contributed by atoms with Crippen molar-refractivity contribution in [2.75, 3.05) is 13.1 Å². The molecule has 1 saturated heterocycles. The van der Waals surface area contributed by atoms with Crippen molar-refractivity contribution in [3.05, 3.63) is 58.4 Å². The van der Waals surface area contributed by atoms with Crippen molar-refractivity contribution in [3.8, 4) is 0 Å². The maximum Gasteiger partial charge on any atom is 0.339 e. The van der Waals surface area contributed by atoms with Gasteiger partial charge in [0.15, 0.2) is 0 Å². The van der Waals surface area contributed by atoms with E-state index >= 15 is 0 Å². The first kappa shape index (κ1) is 17.5. The summed E-state index contributed by atoms with van der Waals surface area (Å²) in [7, 11) is 0. The number of piperidine rings is 1. The van der Waals surface area contributed by atoms with Crippen LogP contribution in [0.5, 0.6) is 0 Å². The predicted molar refractivity (Wildman–Crippen MR) is 102 cm³/mol. The van der Waals surface area contributed by atoms with Crippen LogP contribution >= 0.6 is 0 Å². The largest absolute Gasteiger partial charge is 0.478 e. The summed E-state index contributed by atoms with van der Waals surface area (Å²) in [4.78, 5) is 26.0. The number of aromatic nitrogens is 2. The number of hydrogen-bond donors (Lipinski definition) is 1. The maximum absolute atomic E-state index is 12.9. The summed E-state index contributed by atoms with van der Waals surface area (Å²) in [5.74, 6) is -0.872. The molecule has 0 saturated carbocycles. The zero-order chi connectivity index (χ0) is 19.0. The highest BCUT2D eigenvalue weighted by Crippen LogP contribution is 2.26. The molecule has 1 aliphatic carbocycles. The van der Waals surface area contributed by atoms with E-state index < -0.39 is 5.97 Å². The highest BCUT2D eigenvalue weighted by molar-refractivity contribution is 5.95. The van der Waals surface area contributed by atoms with E-state index in [0.717, 1.165) is 31.2 Å². The Balaban J connectivity index is 1.44. The summed E-state index contributed by atoms with van der Waals surface area (Å²) < 4.78 is 1.80. The molecular weight excluding hydrogens is 342 g/mol. The lowest BCUT2D eigenvalue weighted by Crippen LogP contribution is -2.39. The average molecular weight is 365 g/mol. The summed E-state index contributed by atoms with van der Waals surface area (Å²) in [5, 5.41) is 13.5. The third kappa shape index (κ3) is 3.27. The lowest BCUT2D eigenvalue weighted by Gasteiger charge is -2.33. The minimum Gasteiger partial charge on any atom is -0.478 e. The predicted octanol–water partition coefficient (Wildman–Crippen LogP) is 3.33. The van der Waals surface area contributed by atoms with Gasteiger partial charge in [-0.3, -0.25) is 9.48 Å². The van der Waals surface area contributed by atoms with E-state index in [1.165, 1.54) is 17.3 Å². The van der Waals surface area contributed by atoms with Gasteiger partial charge < -0.3 is 10.0 Å². The number of carbonyl (C=O) groups excluding carboxylic acids is 1. The van der Waals surface area contributed by atoms with Crippen LogP contribution in [-0.4, -0.2) is 44.8 Å². The molecule has 1 aliphatic heterocycles. The Morgan fingerprint density at radius 3 is 2.70 bits per heavy atom. The van der Waals surface area contributed by atoms with Gasteiger partial charge in [-0.2, -0.15) is 5.10 Å². The number of aromatic carboxylic acids is 1. The van der Waals surface area contributed by atoms with Crippen LogP contribution in [0.25, 0.3) is 6.08 Å². The fraction of sp³-hybridized carbons (Fsp3) is 0.381. The van der Waals surface area contributed by atoms with Crippen molar-refractivity contribution in [2.45, 2.75) is 38.6 Å². The Morgan fingerprint density at radius 2 is 2.00 bits per heavy atom. The number of aryl methyl sites for hydroxylation is 1. The van der Waals surface area contributed by atoms with Crippen molar-refractivity contribution in [1.82, 2.24) is 14.7 Å². The van der Waals surface area contributed by atoms with Crippen LogP contribution in [0.1, 0.15) is 62.8 Å².